The van der Waals surface area contributed by atoms with Crippen LogP contribution >= 0.6 is 0 Å². The van der Waals surface area contributed by atoms with Crippen LogP contribution in [0.3, 0.4) is 0 Å². The molecule has 0 saturated carbocycles. The van der Waals surface area contributed by atoms with Crippen LogP contribution in [0.5, 0.6) is 5.75 Å². The second-order valence-corrected chi connectivity index (χ2v) is 10.5. The Morgan fingerprint density at radius 3 is 2.44 bits per heavy atom. The zero-order chi connectivity index (χ0) is 25.9. The van der Waals surface area contributed by atoms with Gasteiger partial charge in [0.25, 0.3) is 5.91 Å². The summed E-state index contributed by atoms with van der Waals surface area (Å²) in [6.45, 7) is 5.74. The molecule has 2 atom stereocenters. The van der Waals surface area contributed by atoms with Crippen molar-refractivity contribution < 1.29 is 28.9 Å². The SMILES string of the molecule is CC(C)(F)CN1CCC(COc2ccc(-c3ccccc3)c(C(=O)N3C[C@H](O)C[C@H]3C(=O)O)c2)CC1. The summed E-state index contributed by atoms with van der Waals surface area (Å²) < 4.78 is 20.0. The van der Waals surface area contributed by atoms with Crippen molar-refractivity contribution >= 4 is 11.9 Å². The molecule has 36 heavy (non-hydrogen) atoms. The van der Waals surface area contributed by atoms with Crippen molar-refractivity contribution in [3.05, 3.63) is 54.1 Å². The second kappa shape index (κ2) is 11.0. The van der Waals surface area contributed by atoms with Crippen LogP contribution in [-0.2, 0) is 4.79 Å². The lowest BCUT2D eigenvalue weighted by Gasteiger charge is -2.34. The minimum Gasteiger partial charge on any atom is -0.493 e. The quantitative estimate of drug-likeness (QED) is 0.575. The van der Waals surface area contributed by atoms with Gasteiger partial charge in [-0.1, -0.05) is 30.3 Å². The van der Waals surface area contributed by atoms with Gasteiger partial charge in [-0.3, -0.25) is 4.79 Å². The molecule has 2 heterocycles. The van der Waals surface area contributed by atoms with Gasteiger partial charge in [0.05, 0.1) is 18.3 Å². The maximum absolute atomic E-state index is 14.0. The van der Waals surface area contributed by atoms with Crippen LogP contribution < -0.4 is 4.74 Å². The molecule has 2 aromatic carbocycles. The van der Waals surface area contributed by atoms with E-state index in [-0.39, 0.29) is 13.0 Å². The summed E-state index contributed by atoms with van der Waals surface area (Å²) in [6.07, 6.45) is 0.964. The van der Waals surface area contributed by atoms with Crippen molar-refractivity contribution in [3.63, 3.8) is 0 Å². The van der Waals surface area contributed by atoms with Gasteiger partial charge in [0.15, 0.2) is 0 Å². The van der Waals surface area contributed by atoms with Crippen molar-refractivity contribution in [2.45, 2.75) is 50.9 Å². The first-order valence-corrected chi connectivity index (χ1v) is 12.6. The molecular weight excluding hydrogens is 463 g/mol. The normalized spacial score (nSPS) is 21.5. The lowest BCUT2D eigenvalue weighted by Crippen LogP contribution is -2.42. The molecule has 2 N–H and O–H groups in total. The van der Waals surface area contributed by atoms with Gasteiger partial charge in [-0.25, -0.2) is 9.18 Å². The molecule has 8 heteroatoms. The minimum atomic E-state index is -1.21. The van der Waals surface area contributed by atoms with E-state index < -0.39 is 29.7 Å². The molecule has 2 fully saturated rings. The summed E-state index contributed by atoms with van der Waals surface area (Å²) in [6, 6.07) is 13.7. The molecule has 0 unspecified atom stereocenters. The van der Waals surface area contributed by atoms with Gasteiger partial charge >= 0.3 is 5.97 Å². The van der Waals surface area contributed by atoms with E-state index in [1.54, 1.807) is 19.9 Å². The zero-order valence-corrected chi connectivity index (χ0v) is 20.9. The lowest BCUT2D eigenvalue weighted by atomic mass is 9.96. The number of halogens is 1. The molecule has 1 amide bonds. The third-order valence-corrected chi connectivity index (χ3v) is 6.92. The monoisotopic (exact) mass is 498 g/mol. The molecule has 4 rings (SSSR count). The number of likely N-dealkylation sites (tertiary alicyclic amines) is 2. The number of carbonyl (C=O) groups excluding carboxylic acids is 1. The Morgan fingerprint density at radius 1 is 1.11 bits per heavy atom. The van der Waals surface area contributed by atoms with Crippen LogP contribution in [0.2, 0.25) is 0 Å². The summed E-state index contributed by atoms with van der Waals surface area (Å²) in [5.74, 6) is -0.694. The Hall–Kier alpha value is -2.97. The number of benzene rings is 2. The Bertz CT molecular complexity index is 1060. The van der Waals surface area contributed by atoms with E-state index in [1.807, 2.05) is 42.5 Å². The Morgan fingerprint density at radius 2 is 1.81 bits per heavy atom. The summed E-state index contributed by atoms with van der Waals surface area (Å²) >= 11 is 0. The summed E-state index contributed by atoms with van der Waals surface area (Å²) in [7, 11) is 0. The highest BCUT2D eigenvalue weighted by Gasteiger charge is 2.40. The number of carboxylic acid groups (broad SMARTS) is 1. The average molecular weight is 499 g/mol. The molecule has 0 bridgehead atoms. The Kier molecular flexibility index (Phi) is 7.95. The topological polar surface area (TPSA) is 90.3 Å². The van der Waals surface area contributed by atoms with Crippen LogP contribution in [-0.4, -0.2) is 82.5 Å². The largest absolute Gasteiger partial charge is 0.493 e. The fourth-order valence-electron chi connectivity index (χ4n) is 5.14. The number of alkyl halides is 1. The first-order valence-electron chi connectivity index (χ1n) is 12.6. The number of hydrogen-bond acceptors (Lipinski definition) is 5. The predicted octanol–water partition coefficient (Wildman–Crippen LogP) is 3.85. The standard InChI is InChI=1S/C28H35FN2O5/c1-28(2,29)18-30-12-10-19(11-13-30)17-36-22-8-9-23(20-6-4-3-5-7-20)24(15-22)26(33)31-16-21(32)14-25(31)27(34)35/h3-9,15,19,21,25,32H,10-14,16-18H2,1-2H3,(H,34,35)/t21-,25+/m1/s1. The van der Waals surface area contributed by atoms with E-state index in [4.69, 9.17) is 4.74 Å². The van der Waals surface area contributed by atoms with Gasteiger partial charge in [0.2, 0.25) is 0 Å². The molecule has 0 radical (unpaired) electrons. The van der Waals surface area contributed by atoms with E-state index in [1.165, 1.54) is 4.90 Å². The Balaban J connectivity index is 1.50. The van der Waals surface area contributed by atoms with E-state index in [0.29, 0.717) is 35.9 Å². The fourth-order valence-corrected chi connectivity index (χ4v) is 5.14. The smallest absolute Gasteiger partial charge is 0.326 e. The average Bonchev–Trinajstić information content (AvgIpc) is 3.24. The summed E-state index contributed by atoms with van der Waals surface area (Å²) in [4.78, 5) is 28.7. The Labute approximate surface area is 211 Å². The lowest BCUT2D eigenvalue weighted by molar-refractivity contribution is -0.141. The van der Waals surface area contributed by atoms with Gasteiger partial charge in [-0.2, -0.15) is 0 Å². The molecule has 0 aliphatic carbocycles. The molecule has 0 aromatic heterocycles. The number of hydrogen-bond donors (Lipinski definition) is 2. The van der Waals surface area contributed by atoms with E-state index >= 15 is 0 Å². The molecular formula is C28H35FN2O5. The van der Waals surface area contributed by atoms with Gasteiger partial charge in [0.1, 0.15) is 17.5 Å². The van der Waals surface area contributed by atoms with E-state index in [2.05, 4.69) is 4.90 Å². The first-order chi connectivity index (χ1) is 17.1. The van der Waals surface area contributed by atoms with Crippen LogP contribution in [0.1, 0.15) is 43.5 Å². The number of aliphatic carboxylic acids is 1. The summed E-state index contributed by atoms with van der Waals surface area (Å²) in [5.41, 5.74) is 0.652. The first kappa shape index (κ1) is 26.1. The predicted molar refractivity (Wildman–Crippen MR) is 135 cm³/mol. The number of β-amino-alcohol motifs (C(OH)–C–C–N with tert-alkyl or cyclic N) is 1. The van der Waals surface area contributed by atoms with Gasteiger partial charge in [0, 0.05) is 19.5 Å². The third-order valence-electron chi connectivity index (χ3n) is 6.92. The number of piperidine rings is 1. The van der Waals surface area contributed by atoms with Crippen molar-refractivity contribution in [1.82, 2.24) is 9.80 Å². The highest BCUT2D eigenvalue weighted by Crippen LogP contribution is 2.31. The highest BCUT2D eigenvalue weighted by molar-refractivity contribution is 6.03. The number of aliphatic hydroxyl groups excluding tert-OH is 1. The van der Waals surface area contributed by atoms with E-state index in [9.17, 15) is 24.2 Å². The number of carbonyl (C=O) groups is 2. The van der Waals surface area contributed by atoms with Gasteiger partial charge in [-0.15, -0.1) is 0 Å². The molecule has 0 spiro atoms. The number of ether oxygens (including phenoxy) is 1. The fraction of sp³-hybridized carbons (Fsp3) is 0.500. The van der Waals surface area contributed by atoms with Crippen LogP contribution in [0.4, 0.5) is 4.39 Å². The maximum atomic E-state index is 14.0. The zero-order valence-electron chi connectivity index (χ0n) is 20.9. The van der Waals surface area contributed by atoms with Crippen molar-refractivity contribution in [1.29, 1.82) is 0 Å². The third kappa shape index (κ3) is 6.42. The van der Waals surface area contributed by atoms with Crippen molar-refractivity contribution in [3.8, 4) is 16.9 Å². The maximum Gasteiger partial charge on any atom is 0.326 e. The second-order valence-electron chi connectivity index (χ2n) is 10.5. The summed E-state index contributed by atoms with van der Waals surface area (Å²) in [5, 5.41) is 19.7. The highest BCUT2D eigenvalue weighted by atomic mass is 19.1. The number of nitrogens with zero attached hydrogens (tertiary/aromatic N) is 2. The molecule has 2 saturated heterocycles. The van der Waals surface area contributed by atoms with Crippen LogP contribution in [0.25, 0.3) is 11.1 Å². The van der Waals surface area contributed by atoms with Gasteiger partial charge < -0.3 is 24.7 Å². The van der Waals surface area contributed by atoms with Gasteiger partial charge in [-0.05, 0) is 75.0 Å². The van der Waals surface area contributed by atoms with Crippen molar-refractivity contribution in [2.75, 3.05) is 32.8 Å². The number of rotatable bonds is 8. The molecule has 7 nitrogen and oxygen atoms in total. The van der Waals surface area contributed by atoms with Crippen LogP contribution in [0.15, 0.2) is 48.5 Å². The van der Waals surface area contributed by atoms with E-state index in [0.717, 1.165) is 31.5 Å². The molecule has 2 aromatic rings. The number of aliphatic hydroxyl groups is 1. The number of amides is 1. The molecule has 2 aliphatic heterocycles. The minimum absolute atomic E-state index is 0.0101. The van der Waals surface area contributed by atoms with Crippen molar-refractivity contribution in [2.24, 2.45) is 5.92 Å². The molecule has 194 valence electrons. The number of carboxylic acids is 1. The van der Waals surface area contributed by atoms with Crippen LogP contribution in [0, 0.1) is 5.92 Å². The molecule has 2 aliphatic rings.